The van der Waals surface area contributed by atoms with Crippen LogP contribution in [-0.2, 0) is 0 Å². The molecule has 2 nitrogen and oxygen atoms in total. The largest absolute Gasteiger partial charge is 0.309 e. The monoisotopic (exact) mass is 444 g/mol. The van der Waals surface area contributed by atoms with Crippen molar-refractivity contribution in [2.24, 2.45) is 0 Å². The zero-order chi connectivity index (χ0) is 22.9. The topological polar surface area (TPSA) is 17.8 Å². The first kappa shape index (κ1) is 18.7. The highest BCUT2D eigenvalue weighted by atomic mass is 15.0. The maximum atomic E-state index is 4.16. The fraction of sp³-hybridized carbons (Fsp3) is 0. The van der Waals surface area contributed by atoms with E-state index in [0.717, 1.165) is 0 Å². The van der Waals surface area contributed by atoms with Crippen molar-refractivity contribution < 1.29 is 0 Å². The van der Waals surface area contributed by atoms with Crippen LogP contribution < -0.4 is 0 Å². The molecule has 1 aliphatic carbocycles. The van der Waals surface area contributed by atoms with Gasteiger partial charge in [-0.15, -0.1) is 0 Å². The highest BCUT2D eigenvalue weighted by molar-refractivity contribution is 6.24. The Morgan fingerprint density at radius 3 is 2.09 bits per heavy atom. The fourth-order valence-corrected chi connectivity index (χ4v) is 5.94. The number of benzene rings is 5. The summed E-state index contributed by atoms with van der Waals surface area (Å²) in [6.45, 7) is 0. The van der Waals surface area contributed by atoms with Gasteiger partial charge in [-0.05, 0) is 68.9 Å². The second-order valence-corrected chi connectivity index (χ2v) is 9.23. The molecule has 0 saturated carbocycles. The molecule has 1 aliphatic rings. The van der Waals surface area contributed by atoms with Gasteiger partial charge < -0.3 is 4.57 Å². The molecule has 0 amide bonds. The zero-order valence-corrected chi connectivity index (χ0v) is 18.9. The number of para-hydroxylation sites is 1. The van der Waals surface area contributed by atoms with E-state index in [1.54, 1.807) is 0 Å². The highest BCUT2D eigenvalue weighted by Crippen LogP contribution is 2.51. The molecule has 35 heavy (non-hydrogen) atoms. The van der Waals surface area contributed by atoms with E-state index in [9.17, 15) is 0 Å². The van der Waals surface area contributed by atoms with Crippen molar-refractivity contribution in [3.05, 3.63) is 122 Å². The van der Waals surface area contributed by atoms with Crippen molar-refractivity contribution in [1.82, 2.24) is 9.55 Å². The van der Waals surface area contributed by atoms with E-state index in [-0.39, 0.29) is 0 Å². The van der Waals surface area contributed by atoms with Crippen LogP contribution in [0.25, 0.3) is 71.6 Å². The van der Waals surface area contributed by atoms with Crippen molar-refractivity contribution in [3.8, 4) is 39.1 Å². The molecule has 0 spiro atoms. The first-order valence-corrected chi connectivity index (χ1v) is 12.0. The van der Waals surface area contributed by atoms with Crippen LogP contribution in [0, 0.1) is 0 Å². The lowest BCUT2D eigenvalue weighted by atomic mass is 10.00. The molecule has 0 unspecified atom stereocenters. The number of aromatic nitrogens is 2. The van der Waals surface area contributed by atoms with Crippen LogP contribution in [0.15, 0.2) is 122 Å². The third-order valence-electron chi connectivity index (χ3n) is 7.44. The minimum Gasteiger partial charge on any atom is -0.309 e. The predicted octanol–water partition coefficient (Wildman–Crippen LogP) is 8.65. The van der Waals surface area contributed by atoms with Crippen molar-refractivity contribution in [3.63, 3.8) is 0 Å². The van der Waals surface area contributed by atoms with Crippen molar-refractivity contribution in [2.45, 2.75) is 0 Å². The van der Waals surface area contributed by atoms with Crippen molar-refractivity contribution in [2.75, 3.05) is 0 Å². The number of fused-ring (bicyclic) bond motifs is 7. The SMILES string of the molecule is c1cc2c3c(cccc3c1)-c1c-2ccc2c3ccccc3n(-c3ccc(-c4ccncc4)cc3)c12. The summed E-state index contributed by atoms with van der Waals surface area (Å²) in [6.07, 6.45) is 3.69. The van der Waals surface area contributed by atoms with E-state index in [0.29, 0.717) is 0 Å². The smallest absolute Gasteiger partial charge is 0.0625 e. The van der Waals surface area contributed by atoms with Crippen molar-refractivity contribution >= 4 is 32.6 Å². The molecule has 0 bridgehead atoms. The third-order valence-corrected chi connectivity index (χ3v) is 7.44. The van der Waals surface area contributed by atoms with Gasteiger partial charge in [0, 0.05) is 34.4 Å². The van der Waals surface area contributed by atoms with Gasteiger partial charge in [-0.1, -0.05) is 78.9 Å². The lowest BCUT2D eigenvalue weighted by Gasteiger charge is -2.13. The quantitative estimate of drug-likeness (QED) is 0.261. The lowest BCUT2D eigenvalue weighted by molar-refractivity contribution is 1.18. The minimum absolute atomic E-state index is 1.17. The molecule has 2 heterocycles. The minimum atomic E-state index is 1.17. The lowest BCUT2D eigenvalue weighted by Crippen LogP contribution is -1.95. The first-order valence-electron chi connectivity index (χ1n) is 12.0. The van der Waals surface area contributed by atoms with Gasteiger partial charge in [-0.2, -0.15) is 0 Å². The third kappa shape index (κ3) is 2.51. The second kappa shape index (κ2) is 6.91. The molecule has 0 fully saturated rings. The van der Waals surface area contributed by atoms with E-state index >= 15 is 0 Å². The summed E-state index contributed by atoms with van der Waals surface area (Å²) in [6, 6.07) is 39.7. The van der Waals surface area contributed by atoms with Gasteiger partial charge in [0.05, 0.1) is 11.0 Å². The van der Waals surface area contributed by atoms with E-state index in [1.165, 1.54) is 71.6 Å². The molecule has 0 N–H and O–H groups in total. The maximum absolute atomic E-state index is 4.16. The summed E-state index contributed by atoms with van der Waals surface area (Å²) in [5.74, 6) is 0. The van der Waals surface area contributed by atoms with Gasteiger partial charge in [-0.25, -0.2) is 0 Å². The van der Waals surface area contributed by atoms with Crippen LogP contribution in [0.3, 0.4) is 0 Å². The Hall–Kier alpha value is -4.69. The summed E-state index contributed by atoms with van der Waals surface area (Å²) in [7, 11) is 0. The summed E-state index contributed by atoms with van der Waals surface area (Å²) in [5.41, 5.74) is 11.4. The number of hydrogen-bond donors (Lipinski definition) is 0. The molecule has 0 radical (unpaired) electrons. The Morgan fingerprint density at radius 1 is 0.514 bits per heavy atom. The van der Waals surface area contributed by atoms with Crippen LogP contribution in [0.5, 0.6) is 0 Å². The molecule has 5 aromatic carbocycles. The number of hydrogen-bond acceptors (Lipinski definition) is 1. The Bertz CT molecular complexity index is 1920. The molecule has 7 aromatic rings. The highest BCUT2D eigenvalue weighted by Gasteiger charge is 2.26. The molecular formula is C33H20N2. The van der Waals surface area contributed by atoms with Gasteiger partial charge >= 0.3 is 0 Å². The summed E-state index contributed by atoms with van der Waals surface area (Å²) in [5, 5.41) is 5.24. The van der Waals surface area contributed by atoms with E-state index in [4.69, 9.17) is 0 Å². The second-order valence-electron chi connectivity index (χ2n) is 9.23. The zero-order valence-electron chi connectivity index (χ0n) is 18.9. The summed E-state index contributed by atoms with van der Waals surface area (Å²) in [4.78, 5) is 4.16. The number of pyridine rings is 1. The Morgan fingerprint density at radius 2 is 1.26 bits per heavy atom. The molecular weight excluding hydrogens is 424 g/mol. The van der Waals surface area contributed by atoms with Crippen molar-refractivity contribution in [1.29, 1.82) is 0 Å². The predicted molar refractivity (Wildman–Crippen MR) is 146 cm³/mol. The number of nitrogens with zero attached hydrogens (tertiary/aromatic N) is 2. The van der Waals surface area contributed by atoms with Gasteiger partial charge in [0.15, 0.2) is 0 Å². The molecule has 0 atom stereocenters. The average molecular weight is 445 g/mol. The molecule has 0 aliphatic heterocycles. The van der Waals surface area contributed by atoms with Gasteiger partial charge in [0.1, 0.15) is 0 Å². The van der Waals surface area contributed by atoms with E-state index in [1.807, 2.05) is 12.4 Å². The standard InChI is InChI=1S/C33H20N2/c1-2-10-30-25(7-1)28-16-15-27-26-8-3-5-23-6-4-9-29(31(23)26)32(27)33(28)35(30)24-13-11-21(12-14-24)22-17-19-34-20-18-22/h1-20H. The Balaban J connectivity index is 1.47. The van der Waals surface area contributed by atoms with E-state index < -0.39 is 0 Å². The number of rotatable bonds is 2. The Labute approximate surface area is 202 Å². The maximum Gasteiger partial charge on any atom is 0.0625 e. The molecule has 8 rings (SSSR count). The molecule has 162 valence electrons. The van der Waals surface area contributed by atoms with Crippen LogP contribution in [0.1, 0.15) is 0 Å². The average Bonchev–Trinajstić information content (AvgIpc) is 3.44. The molecule has 2 aromatic heterocycles. The summed E-state index contributed by atoms with van der Waals surface area (Å²) < 4.78 is 2.45. The van der Waals surface area contributed by atoms with E-state index in [2.05, 4.69) is 119 Å². The van der Waals surface area contributed by atoms with Gasteiger partial charge in [-0.3, -0.25) is 4.98 Å². The molecule has 0 saturated heterocycles. The Kier molecular flexibility index (Phi) is 3.69. The van der Waals surface area contributed by atoms with Gasteiger partial charge in [0.25, 0.3) is 0 Å². The van der Waals surface area contributed by atoms with Crippen LogP contribution in [0.4, 0.5) is 0 Å². The summed E-state index contributed by atoms with van der Waals surface area (Å²) >= 11 is 0. The van der Waals surface area contributed by atoms with Gasteiger partial charge in [0.2, 0.25) is 0 Å². The fourth-order valence-electron chi connectivity index (χ4n) is 5.94. The first-order chi connectivity index (χ1) is 17.4. The van der Waals surface area contributed by atoms with Crippen LogP contribution in [-0.4, -0.2) is 9.55 Å². The van der Waals surface area contributed by atoms with Crippen LogP contribution >= 0.6 is 0 Å². The normalized spacial score (nSPS) is 12.0. The van der Waals surface area contributed by atoms with Crippen LogP contribution in [0.2, 0.25) is 0 Å². The molecule has 2 heteroatoms.